The van der Waals surface area contributed by atoms with Gasteiger partial charge in [0, 0.05) is 50.2 Å². The highest BCUT2D eigenvalue weighted by Crippen LogP contribution is 2.25. The van der Waals surface area contributed by atoms with Gasteiger partial charge in [0.05, 0.1) is 0 Å². The number of aromatic nitrogens is 1. The van der Waals surface area contributed by atoms with Crippen molar-refractivity contribution in [3.63, 3.8) is 0 Å². The number of pyridine rings is 1. The molecule has 0 spiro atoms. The number of nitrogens with zero attached hydrogens (tertiary/aromatic N) is 3. The summed E-state index contributed by atoms with van der Waals surface area (Å²) in [6.07, 6.45) is 3.81. The van der Waals surface area contributed by atoms with E-state index in [2.05, 4.69) is 47.1 Å². The van der Waals surface area contributed by atoms with Gasteiger partial charge >= 0.3 is 0 Å². The van der Waals surface area contributed by atoms with Crippen LogP contribution in [0, 0.1) is 0 Å². The lowest BCUT2D eigenvalue weighted by molar-refractivity contribution is -0.00954. The van der Waals surface area contributed by atoms with Gasteiger partial charge in [0.25, 0.3) is 0 Å². The minimum Gasteiger partial charge on any atom is -0.318 e. The first-order valence-corrected chi connectivity index (χ1v) is 7.02. The van der Waals surface area contributed by atoms with Crippen LogP contribution in [-0.2, 0) is 6.54 Å². The normalized spacial score (nSPS) is 24.5. The van der Waals surface area contributed by atoms with E-state index in [-0.39, 0.29) is 5.54 Å². The molecular formula is C15H26N4. The lowest BCUT2D eigenvalue weighted by Gasteiger charge is -2.50. The van der Waals surface area contributed by atoms with Crippen LogP contribution in [0.2, 0.25) is 0 Å². The average Bonchev–Trinajstić information content (AvgIpc) is 2.36. The summed E-state index contributed by atoms with van der Waals surface area (Å²) < 4.78 is 0. The van der Waals surface area contributed by atoms with Crippen LogP contribution in [0.4, 0.5) is 0 Å². The van der Waals surface area contributed by atoms with E-state index in [1.165, 1.54) is 5.56 Å². The van der Waals surface area contributed by atoms with Crippen LogP contribution in [0.1, 0.15) is 19.4 Å². The number of piperazine rings is 1. The predicted molar refractivity (Wildman–Crippen MR) is 79.1 cm³/mol. The van der Waals surface area contributed by atoms with Crippen molar-refractivity contribution in [1.82, 2.24) is 20.1 Å². The second-order valence-corrected chi connectivity index (χ2v) is 6.18. The number of likely N-dealkylation sites (N-methyl/N-ethyl adjacent to an activating group) is 2. The molecule has 1 saturated heterocycles. The second kappa shape index (κ2) is 5.99. The summed E-state index contributed by atoms with van der Waals surface area (Å²) in [6, 6.07) is 4.76. The van der Waals surface area contributed by atoms with Crippen LogP contribution in [0.3, 0.4) is 0 Å². The van der Waals surface area contributed by atoms with Crippen LogP contribution in [0.5, 0.6) is 0 Å². The van der Waals surface area contributed by atoms with Gasteiger partial charge in [-0.25, -0.2) is 0 Å². The Morgan fingerprint density at radius 3 is 2.89 bits per heavy atom. The third kappa shape index (κ3) is 3.53. The van der Waals surface area contributed by atoms with Crippen molar-refractivity contribution in [2.24, 2.45) is 0 Å². The Bertz CT molecular complexity index is 390. The summed E-state index contributed by atoms with van der Waals surface area (Å²) in [5.41, 5.74) is 1.50. The Kier molecular flexibility index (Phi) is 4.55. The minimum atomic E-state index is 0.203. The average molecular weight is 262 g/mol. The van der Waals surface area contributed by atoms with Crippen molar-refractivity contribution in [3.8, 4) is 0 Å². The van der Waals surface area contributed by atoms with Gasteiger partial charge in [0.15, 0.2) is 0 Å². The van der Waals surface area contributed by atoms with Gasteiger partial charge in [-0.2, -0.15) is 0 Å². The molecule has 0 amide bonds. The first kappa shape index (κ1) is 14.4. The second-order valence-electron chi connectivity index (χ2n) is 6.18. The van der Waals surface area contributed by atoms with Crippen molar-refractivity contribution in [3.05, 3.63) is 30.1 Å². The molecule has 4 nitrogen and oxygen atoms in total. The summed E-state index contributed by atoms with van der Waals surface area (Å²) in [6.45, 7) is 8.87. The van der Waals surface area contributed by atoms with E-state index in [4.69, 9.17) is 0 Å². The minimum absolute atomic E-state index is 0.203. The molecule has 0 saturated carbocycles. The quantitative estimate of drug-likeness (QED) is 0.883. The van der Waals surface area contributed by atoms with Gasteiger partial charge in [-0.3, -0.25) is 14.8 Å². The largest absolute Gasteiger partial charge is 0.318 e. The fourth-order valence-electron chi connectivity index (χ4n) is 2.93. The molecule has 0 aliphatic carbocycles. The first-order valence-electron chi connectivity index (χ1n) is 7.02. The van der Waals surface area contributed by atoms with Crippen LogP contribution < -0.4 is 5.32 Å². The monoisotopic (exact) mass is 262 g/mol. The van der Waals surface area contributed by atoms with Crippen LogP contribution in [0.15, 0.2) is 24.5 Å². The van der Waals surface area contributed by atoms with Crippen molar-refractivity contribution < 1.29 is 0 Å². The summed E-state index contributed by atoms with van der Waals surface area (Å²) in [5.74, 6) is 0. The molecule has 0 aromatic carbocycles. The van der Waals surface area contributed by atoms with Gasteiger partial charge < -0.3 is 5.32 Å². The van der Waals surface area contributed by atoms with E-state index >= 15 is 0 Å². The molecule has 1 aromatic rings. The molecule has 1 atom stereocenters. The Morgan fingerprint density at radius 1 is 1.47 bits per heavy atom. The third-order valence-electron chi connectivity index (χ3n) is 4.08. The zero-order chi connectivity index (χ0) is 13.9. The van der Waals surface area contributed by atoms with Crippen molar-refractivity contribution in [2.45, 2.75) is 32.0 Å². The molecule has 2 rings (SSSR count). The predicted octanol–water partition coefficient (Wildman–Crippen LogP) is 1.20. The molecule has 1 aliphatic heterocycles. The smallest absolute Gasteiger partial charge is 0.0345 e. The zero-order valence-electron chi connectivity index (χ0n) is 12.6. The highest BCUT2D eigenvalue weighted by atomic mass is 15.3. The SMILES string of the molecule is CNCC1CN(Cc2cccnc2)C(C)(C)CN1C. The maximum Gasteiger partial charge on any atom is 0.0345 e. The fraction of sp³-hybridized carbons (Fsp3) is 0.667. The van der Waals surface area contributed by atoms with E-state index in [9.17, 15) is 0 Å². The maximum atomic E-state index is 4.22. The first-order chi connectivity index (χ1) is 9.03. The van der Waals surface area contributed by atoms with Gasteiger partial charge in [-0.05, 0) is 39.6 Å². The van der Waals surface area contributed by atoms with Crippen LogP contribution in [-0.4, -0.2) is 60.1 Å². The van der Waals surface area contributed by atoms with Crippen LogP contribution >= 0.6 is 0 Å². The molecule has 0 radical (unpaired) electrons. The molecular weight excluding hydrogens is 236 g/mol. The van der Waals surface area contributed by atoms with Gasteiger partial charge in [-0.15, -0.1) is 0 Å². The highest BCUT2D eigenvalue weighted by molar-refractivity contribution is 5.10. The summed E-state index contributed by atoms with van der Waals surface area (Å²) in [5, 5.41) is 3.30. The third-order valence-corrected chi connectivity index (χ3v) is 4.08. The number of nitrogens with one attached hydrogen (secondary N) is 1. The Labute approximate surface area is 116 Å². The Balaban J connectivity index is 2.08. The van der Waals surface area contributed by atoms with Crippen molar-refractivity contribution in [1.29, 1.82) is 0 Å². The Morgan fingerprint density at radius 2 is 2.26 bits per heavy atom. The number of rotatable bonds is 4. The van der Waals surface area contributed by atoms with E-state index in [1.807, 2.05) is 25.5 Å². The molecule has 19 heavy (non-hydrogen) atoms. The van der Waals surface area contributed by atoms with Crippen molar-refractivity contribution in [2.75, 3.05) is 33.7 Å². The number of hydrogen-bond donors (Lipinski definition) is 1. The molecule has 2 heterocycles. The zero-order valence-corrected chi connectivity index (χ0v) is 12.6. The molecule has 106 valence electrons. The maximum absolute atomic E-state index is 4.22. The molecule has 1 fully saturated rings. The topological polar surface area (TPSA) is 31.4 Å². The van der Waals surface area contributed by atoms with Crippen LogP contribution in [0.25, 0.3) is 0 Å². The fourth-order valence-corrected chi connectivity index (χ4v) is 2.93. The molecule has 4 heteroatoms. The van der Waals surface area contributed by atoms with E-state index in [1.54, 1.807) is 0 Å². The van der Waals surface area contributed by atoms with Gasteiger partial charge in [0.1, 0.15) is 0 Å². The lowest BCUT2D eigenvalue weighted by atomic mass is 9.95. The highest BCUT2D eigenvalue weighted by Gasteiger charge is 2.36. The number of hydrogen-bond acceptors (Lipinski definition) is 4. The molecule has 1 N–H and O–H groups in total. The van der Waals surface area contributed by atoms with Crippen molar-refractivity contribution >= 4 is 0 Å². The molecule has 1 unspecified atom stereocenters. The van der Waals surface area contributed by atoms with E-state index in [0.29, 0.717) is 6.04 Å². The summed E-state index contributed by atoms with van der Waals surface area (Å²) >= 11 is 0. The molecule has 1 aromatic heterocycles. The summed E-state index contributed by atoms with van der Waals surface area (Å²) in [4.78, 5) is 9.26. The van der Waals surface area contributed by atoms with Gasteiger partial charge in [0.2, 0.25) is 0 Å². The summed E-state index contributed by atoms with van der Waals surface area (Å²) in [7, 11) is 4.25. The standard InChI is InChI=1S/C15H26N4/c1-15(2)12-18(4)14(9-16-3)11-19(15)10-13-6-5-7-17-8-13/h5-8,14,16H,9-12H2,1-4H3. The molecule has 0 bridgehead atoms. The lowest BCUT2D eigenvalue weighted by Crippen LogP contribution is -2.63. The van der Waals surface area contributed by atoms with Gasteiger partial charge in [-0.1, -0.05) is 6.07 Å². The Hall–Kier alpha value is -0.970. The molecule has 1 aliphatic rings. The van der Waals surface area contributed by atoms with E-state index < -0.39 is 0 Å². The van der Waals surface area contributed by atoms with E-state index in [0.717, 1.165) is 26.2 Å².